The first-order valence-corrected chi connectivity index (χ1v) is 10.0. The van der Waals surface area contributed by atoms with Crippen molar-refractivity contribution >= 4 is 17.4 Å². The Morgan fingerprint density at radius 3 is 2.56 bits per heavy atom. The van der Waals surface area contributed by atoms with Crippen LogP contribution in [0.4, 0.5) is 0 Å². The molecule has 0 spiro atoms. The number of nitrogens with zero attached hydrogens (tertiary/aromatic N) is 1. The van der Waals surface area contributed by atoms with E-state index in [2.05, 4.69) is 0 Å². The zero-order chi connectivity index (χ0) is 22.8. The highest BCUT2D eigenvalue weighted by molar-refractivity contribution is 6.46. The molecule has 1 unspecified atom stereocenters. The van der Waals surface area contributed by atoms with Crippen LogP contribution in [0.5, 0.6) is 23.0 Å². The van der Waals surface area contributed by atoms with Crippen LogP contribution in [0.25, 0.3) is 5.76 Å². The Balaban J connectivity index is 1.85. The lowest BCUT2D eigenvalue weighted by Gasteiger charge is -2.25. The predicted octanol–water partition coefficient (Wildman–Crippen LogP) is 2.24. The number of likely N-dealkylation sites (tertiary alicyclic amines) is 1. The summed E-state index contributed by atoms with van der Waals surface area (Å²) in [6.07, 6.45) is 0. The molecule has 1 fully saturated rings. The minimum absolute atomic E-state index is 0.0736. The number of aliphatic hydroxyl groups is 1. The number of phenolic OH excluding ortho intramolecular Hbond substituents is 1. The van der Waals surface area contributed by atoms with Crippen LogP contribution in [-0.4, -0.2) is 67.4 Å². The Morgan fingerprint density at radius 1 is 1.09 bits per heavy atom. The maximum absolute atomic E-state index is 13.0. The van der Waals surface area contributed by atoms with Crippen molar-refractivity contribution in [3.63, 3.8) is 0 Å². The summed E-state index contributed by atoms with van der Waals surface area (Å²) in [5.74, 6) is -0.831. The lowest BCUT2D eigenvalue weighted by molar-refractivity contribution is -0.140. The molecule has 1 amide bonds. The molecule has 0 radical (unpaired) electrons. The molecular formula is C23H23NO8. The lowest BCUT2D eigenvalue weighted by atomic mass is 9.95. The molecule has 0 aliphatic carbocycles. The van der Waals surface area contributed by atoms with Crippen LogP contribution >= 0.6 is 0 Å². The van der Waals surface area contributed by atoms with Gasteiger partial charge in [-0.3, -0.25) is 9.59 Å². The van der Waals surface area contributed by atoms with Crippen molar-refractivity contribution in [2.75, 3.05) is 40.6 Å². The monoisotopic (exact) mass is 441 g/mol. The molecule has 1 atom stereocenters. The van der Waals surface area contributed by atoms with Crippen molar-refractivity contribution in [2.45, 2.75) is 6.04 Å². The number of benzene rings is 2. The van der Waals surface area contributed by atoms with Gasteiger partial charge >= 0.3 is 0 Å². The van der Waals surface area contributed by atoms with Crippen molar-refractivity contribution < 1.29 is 38.7 Å². The third-order valence-electron chi connectivity index (χ3n) is 5.41. The van der Waals surface area contributed by atoms with Crippen LogP contribution in [0, 0.1) is 0 Å². The van der Waals surface area contributed by atoms with Crippen LogP contribution in [-0.2, 0) is 14.3 Å². The van der Waals surface area contributed by atoms with E-state index in [1.807, 2.05) is 0 Å². The third-order valence-corrected chi connectivity index (χ3v) is 5.41. The number of fused-ring (bicyclic) bond motifs is 1. The van der Waals surface area contributed by atoms with Gasteiger partial charge in [-0.05, 0) is 35.9 Å². The smallest absolute Gasteiger partial charge is 0.295 e. The molecule has 32 heavy (non-hydrogen) atoms. The summed E-state index contributed by atoms with van der Waals surface area (Å²) >= 11 is 0. The molecule has 2 aromatic rings. The zero-order valence-corrected chi connectivity index (χ0v) is 17.7. The zero-order valence-electron chi connectivity index (χ0n) is 17.7. The quantitative estimate of drug-likeness (QED) is 0.399. The first-order valence-electron chi connectivity index (χ1n) is 10.0. The summed E-state index contributed by atoms with van der Waals surface area (Å²) in [4.78, 5) is 27.2. The normalized spacial score (nSPS) is 19.3. The van der Waals surface area contributed by atoms with Gasteiger partial charge in [0.05, 0.1) is 25.3 Å². The number of hydrogen-bond donors (Lipinski definition) is 2. The predicted molar refractivity (Wildman–Crippen MR) is 113 cm³/mol. The highest BCUT2D eigenvalue weighted by atomic mass is 16.6. The number of amides is 1. The summed E-state index contributed by atoms with van der Waals surface area (Å²) < 4.78 is 21.4. The van der Waals surface area contributed by atoms with Crippen molar-refractivity contribution in [3.8, 4) is 23.0 Å². The first kappa shape index (κ1) is 21.5. The molecule has 168 valence electrons. The average Bonchev–Trinajstić information content (AvgIpc) is 3.07. The number of phenols is 1. The number of methoxy groups -OCH3 is 2. The molecular weight excluding hydrogens is 418 g/mol. The molecule has 4 rings (SSSR count). The summed E-state index contributed by atoms with van der Waals surface area (Å²) in [6, 6.07) is 8.43. The Kier molecular flexibility index (Phi) is 5.91. The molecule has 9 heteroatoms. The number of hydrogen-bond acceptors (Lipinski definition) is 8. The van der Waals surface area contributed by atoms with Crippen molar-refractivity contribution in [2.24, 2.45) is 0 Å². The fourth-order valence-electron chi connectivity index (χ4n) is 3.86. The Bertz CT molecular complexity index is 1090. The first-order chi connectivity index (χ1) is 15.5. The second kappa shape index (κ2) is 8.80. The Morgan fingerprint density at radius 2 is 1.84 bits per heavy atom. The number of carbonyl (C=O) groups is 2. The van der Waals surface area contributed by atoms with Gasteiger partial charge in [0, 0.05) is 19.2 Å². The van der Waals surface area contributed by atoms with Crippen LogP contribution in [0.15, 0.2) is 42.0 Å². The average molecular weight is 441 g/mol. The lowest BCUT2D eigenvalue weighted by Crippen LogP contribution is -2.32. The second-order valence-corrected chi connectivity index (χ2v) is 7.28. The van der Waals surface area contributed by atoms with E-state index >= 15 is 0 Å². The van der Waals surface area contributed by atoms with Gasteiger partial charge in [0.15, 0.2) is 23.0 Å². The molecule has 2 aliphatic rings. The molecule has 2 aromatic carbocycles. The minimum Gasteiger partial charge on any atom is -0.507 e. The van der Waals surface area contributed by atoms with Gasteiger partial charge in [-0.15, -0.1) is 0 Å². The third kappa shape index (κ3) is 3.71. The summed E-state index contributed by atoms with van der Waals surface area (Å²) in [7, 11) is 2.89. The Hall–Kier alpha value is -3.72. The number of rotatable bonds is 6. The standard InChI is InChI=1S/C23H23NO8/c1-29-8-7-24-20(13-3-5-15(25)17(11-13)30-2)19(22(27)23(24)28)21(26)14-4-6-16-18(12-14)32-10-9-31-16/h3-6,11-12,20,25-26H,7-10H2,1-2H3/b21-19+. The molecule has 0 bridgehead atoms. The summed E-state index contributed by atoms with van der Waals surface area (Å²) in [6.45, 7) is 1.12. The largest absolute Gasteiger partial charge is 0.507 e. The van der Waals surface area contributed by atoms with E-state index in [4.69, 9.17) is 18.9 Å². The van der Waals surface area contributed by atoms with Crippen molar-refractivity contribution in [3.05, 3.63) is 53.1 Å². The Labute approximate surface area is 184 Å². The SMILES string of the molecule is COCCN1C(=O)C(=O)/C(=C(/O)c2ccc3c(c2)OCCO3)C1c1ccc(O)c(OC)c1. The van der Waals surface area contributed by atoms with Crippen LogP contribution in [0.3, 0.4) is 0 Å². The number of aliphatic hydroxyl groups excluding tert-OH is 1. The molecule has 2 aliphatic heterocycles. The van der Waals surface area contributed by atoms with E-state index in [0.717, 1.165) is 0 Å². The fourth-order valence-corrected chi connectivity index (χ4v) is 3.86. The van der Waals surface area contributed by atoms with Crippen molar-refractivity contribution in [1.82, 2.24) is 4.90 Å². The maximum Gasteiger partial charge on any atom is 0.295 e. The minimum atomic E-state index is -0.896. The molecule has 2 heterocycles. The molecule has 9 nitrogen and oxygen atoms in total. The van der Waals surface area contributed by atoms with Crippen LogP contribution in [0.1, 0.15) is 17.2 Å². The van der Waals surface area contributed by atoms with Crippen LogP contribution in [0.2, 0.25) is 0 Å². The highest BCUT2D eigenvalue weighted by Crippen LogP contribution is 2.42. The maximum atomic E-state index is 13.0. The fraction of sp³-hybridized carbons (Fsp3) is 0.304. The summed E-state index contributed by atoms with van der Waals surface area (Å²) in [5, 5.41) is 21.1. The molecule has 0 saturated carbocycles. The van der Waals surface area contributed by atoms with Gasteiger partial charge in [0.2, 0.25) is 0 Å². The van der Waals surface area contributed by atoms with E-state index in [9.17, 15) is 19.8 Å². The van der Waals surface area contributed by atoms with Crippen LogP contribution < -0.4 is 14.2 Å². The van der Waals surface area contributed by atoms with E-state index in [1.165, 1.54) is 31.3 Å². The van der Waals surface area contributed by atoms with E-state index < -0.39 is 17.7 Å². The number of carbonyl (C=O) groups excluding carboxylic acids is 2. The highest BCUT2D eigenvalue weighted by Gasteiger charge is 2.46. The number of aromatic hydroxyl groups is 1. The van der Waals surface area contributed by atoms with E-state index in [1.54, 1.807) is 24.3 Å². The van der Waals surface area contributed by atoms with Gasteiger partial charge in [0.25, 0.3) is 11.7 Å². The molecule has 2 N–H and O–H groups in total. The van der Waals surface area contributed by atoms with Gasteiger partial charge in [-0.1, -0.05) is 6.07 Å². The van der Waals surface area contributed by atoms with E-state index in [0.29, 0.717) is 35.8 Å². The summed E-state index contributed by atoms with van der Waals surface area (Å²) in [5.41, 5.74) is 0.735. The number of Topliss-reactive ketones (excluding diaryl/α,β-unsaturated/α-hetero) is 1. The van der Waals surface area contributed by atoms with Crippen molar-refractivity contribution in [1.29, 1.82) is 0 Å². The number of ether oxygens (including phenoxy) is 4. The topological polar surface area (TPSA) is 115 Å². The number of ketones is 1. The van der Waals surface area contributed by atoms with Gasteiger partial charge in [0.1, 0.15) is 19.0 Å². The van der Waals surface area contributed by atoms with Gasteiger partial charge in [-0.25, -0.2) is 0 Å². The van der Waals surface area contributed by atoms with E-state index in [-0.39, 0.29) is 36.0 Å². The van der Waals surface area contributed by atoms with Gasteiger partial charge in [-0.2, -0.15) is 0 Å². The van der Waals surface area contributed by atoms with Gasteiger partial charge < -0.3 is 34.1 Å². The molecule has 0 aromatic heterocycles. The second-order valence-electron chi connectivity index (χ2n) is 7.28. The molecule has 1 saturated heterocycles.